The van der Waals surface area contributed by atoms with Crippen molar-refractivity contribution < 1.29 is 21.7 Å². The zero-order valence-electron chi connectivity index (χ0n) is 13.4. The number of sulfonamides is 1. The molecule has 0 atom stereocenters. The highest BCUT2D eigenvalue weighted by atomic mass is 32.2. The first-order valence-electron chi connectivity index (χ1n) is 7.11. The van der Waals surface area contributed by atoms with Gasteiger partial charge in [0.15, 0.2) is 5.76 Å². The normalized spacial score (nSPS) is 11.6. The molecule has 10 heteroatoms. The van der Waals surface area contributed by atoms with E-state index >= 15 is 0 Å². The van der Waals surface area contributed by atoms with Crippen molar-refractivity contribution in [1.82, 2.24) is 9.29 Å². The third-order valence-corrected chi connectivity index (χ3v) is 4.95. The number of hydrogen-bond acceptors (Lipinski definition) is 8. The summed E-state index contributed by atoms with van der Waals surface area (Å²) in [6.45, 7) is 0.300. The van der Waals surface area contributed by atoms with Crippen LogP contribution in [-0.4, -0.2) is 31.8 Å². The monoisotopic (exact) mass is 362 g/mol. The Kier molecular flexibility index (Phi) is 4.35. The number of rotatable bonds is 6. The summed E-state index contributed by atoms with van der Waals surface area (Å²) in [5.41, 5.74) is 0.0231. The van der Waals surface area contributed by atoms with E-state index in [2.05, 4.69) is 10.3 Å². The fraction of sp³-hybridized carbons (Fsp3) is 0.200. The zero-order chi connectivity index (χ0) is 18.0. The van der Waals surface area contributed by atoms with Gasteiger partial charge >= 0.3 is 0 Å². The zero-order valence-corrected chi connectivity index (χ0v) is 14.2. The van der Waals surface area contributed by atoms with Crippen LogP contribution in [0.4, 0.5) is 5.88 Å². The molecule has 0 aliphatic carbocycles. The molecule has 3 aromatic heterocycles. The van der Waals surface area contributed by atoms with E-state index in [1.165, 1.54) is 32.5 Å². The van der Waals surface area contributed by atoms with Gasteiger partial charge in [0.1, 0.15) is 11.8 Å². The van der Waals surface area contributed by atoms with Gasteiger partial charge < -0.3 is 18.6 Å². The fourth-order valence-corrected chi connectivity index (χ4v) is 2.75. The van der Waals surface area contributed by atoms with E-state index in [0.717, 1.165) is 4.31 Å². The summed E-state index contributed by atoms with van der Waals surface area (Å²) >= 11 is 0. The second-order valence-electron chi connectivity index (χ2n) is 5.15. The Morgan fingerprint density at radius 2 is 2.08 bits per heavy atom. The molecule has 0 bridgehead atoms. The minimum absolute atomic E-state index is 0.00120. The van der Waals surface area contributed by atoms with Gasteiger partial charge in [0.2, 0.25) is 16.7 Å². The van der Waals surface area contributed by atoms with Crippen molar-refractivity contribution in [1.29, 1.82) is 5.26 Å². The first-order valence-corrected chi connectivity index (χ1v) is 8.55. The fourth-order valence-electron chi connectivity index (χ4n) is 1.96. The topological polar surface area (TPSA) is 126 Å². The molecule has 9 nitrogen and oxygen atoms in total. The Balaban J connectivity index is 1.86. The lowest BCUT2D eigenvalue weighted by Crippen LogP contribution is -2.21. The van der Waals surface area contributed by atoms with Crippen LogP contribution in [0.5, 0.6) is 0 Å². The van der Waals surface area contributed by atoms with Gasteiger partial charge in [-0.1, -0.05) is 0 Å². The van der Waals surface area contributed by atoms with Crippen LogP contribution >= 0.6 is 0 Å². The largest absolute Gasteiger partial charge is 0.467 e. The van der Waals surface area contributed by atoms with E-state index < -0.39 is 10.0 Å². The van der Waals surface area contributed by atoms with E-state index in [1.807, 2.05) is 6.07 Å². The van der Waals surface area contributed by atoms with E-state index in [4.69, 9.17) is 13.3 Å². The number of aromatic nitrogens is 1. The second kappa shape index (κ2) is 6.46. The maximum atomic E-state index is 12.0. The number of nitriles is 1. The van der Waals surface area contributed by atoms with E-state index in [0.29, 0.717) is 12.3 Å². The van der Waals surface area contributed by atoms with Gasteiger partial charge in [-0.25, -0.2) is 12.7 Å². The lowest BCUT2D eigenvalue weighted by Gasteiger charge is -2.07. The molecule has 0 saturated heterocycles. The molecule has 3 aromatic rings. The molecule has 0 fully saturated rings. The Morgan fingerprint density at radius 1 is 1.28 bits per heavy atom. The Labute approximate surface area is 143 Å². The van der Waals surface area contributed by atoms with Crippen molar-refractivity contribution in [3.63, 3.8) is 0 Å². The standard InChI is InChI=1S/C15H14N4O5S/c1-19(2)25(20,21)13-6-5-12(23-13)15-18-11(8-16)14(24-15)17-9-10-4-3-7-22-10/h3-7,17H,9H2,1-2H3. The quantitative estimate of drug-likeness (QED) is 0.708. The highest BCUT2D eigenvalue weighted by Crippen LogP contribution is 2.29. The molecule has 0 spiro atoms. The van der Waals surface area contributed by atoms with Gasteiger partial charge in [-0.05, 0) is 24.3 Å². The predicted molar refractivity (Wildman–Crippen MR) is 85.8 cm³/mol. The van der Waals surface area contributed by atoms with Crippen LogP contribution in [0.1, 0.15) is 11.5 Å². The van der Waals surface area contributed by atoms with Crippen LogP contribution in [0.2, 0.25) is 0 Å². The van der Waals surface area contributed by atoms with Crippen LogP contribution < -0.4 is 5.32 Å². The molecule has 0 aliphatic heterocycles. The number of hydrogen-bond donors (Lipinski definition) is 1. The number of anilines is 1. The average Bonchev–Trinajstić information content (AvgIpc) is 3.31. The maximum absolute atomic E-state index is 12.0. The van der Waals surface area contributed by atoms with Crippen LogP contribution in [0.15, 0.2) is 48.9 Å². The second-order valence-corrected chi connectivity index (χ2v) is 7.23. The Hall–Kier alpha value is -3.03. The van der Waals surface area contributed by atoms with Crippen molar-refractivity contribution >= 4 is 15.9 Å². The molecule has 3 heterocycles. The molecule has 0 aromatic carbocycles. The summed E-state index contributed by atoms with van der Waals surface area (Å²) in [6.07, 6.45) is 1.53. The Morgan fingerprint density at radius 3 is 2.72 bits per heavy atom. The van der Waals surface area contributed by atoms with Crippen molar-refractivity contribution in [2.24, 2.45) is 0 Å². The molecule has 130 valence electrons. The molecule has 0 radical (unpaired) electrons. The summed E-state index contributed by atoms with van der Waals surface area (Å²) in [5.74, 6) is 0.892. The van der Waals surface area contributed by atoms with Crippen LogP contribution in [0.25, 0.3) is 11.7 Å². The first kappa shape index (κ1) is 16.8. The van der Waals surface area contributed by atoms with Crippen molar-refractivity contribution in [2.45, 2.75) is 11.6 Å². The van der Waals surface area contributed by atoms with Crippen LogP contribution in [0.3, 0.4) is 0 Å². The first-order chi connectivity index (χ1) is 11.9. The smallest absolute Gasteiger partial charge is 0.275 e. The third-order valence-electron chi connectivity index (χ3n) is 3.26. The van der Waals surface area contributed by atoms with Gasteiger partial charge in [0, 0.05) is 14.1 Å². The minimum Gasteiger partial charge on any atom is -0.467 e. The van der Waals surface area contributed by atoms with Gasteiger partial charge in [0.25, 0.3) is 15.9 Å². The number of oxazole rings is 1. The molecule has 0 unspecified atom stereocenters. The van der Waals surface area contributed by atoms with Crippen LogP contribution in [-0.2, 0) is 16.6 Å². The highest BCUT2D eigenvalue weighted by Gasteiger charge is 2.24. The van der Waals surface area contributed by atoms with Gasteiger partial charge in [0.05, 0.1) is 12.8 Å². The molecule has 0 amide bonds. The average molecular weight is 362 g/mol. The molecule has 1 N–H and O–H groups in total. The summed E-state index contributed by atoms with van der Waals surface area (Å²) in [7, 11) is -0.917. The number of nitrogens with zero attached hydrogens (tertiary/aromatic N) is 3. The highest BCUT2D eigenvalue weighted by molar-refractivity contribution is 7.88. The summed E-state index contributed by atoms with van der Waals surface area (Å²) in [5, 5.41) is 11.8. The summed E-state index contributed by atoms with van der Waals surface area (Å²) < 4.78 is 41.1. The molecule has 0 aliphatic rings. The maximum Gasteiger partial charge on any atom is 0.275 e. The lowest BCUT2D eigenvalue weighted by molar-refractivity contribution is 0.423. The van der Waals surface area contributed by atoms with Gasteiger partial charge in [-0.15, -0.1) is 0 Å². The van der Waals surface area contributed by atoms with E-state index in [-0.39, 0.29) is 28.3 Å². The molecular weight excluding hydrogens is 348 g/mol. The van der Waals surface area contributed by atoms with Gasteiger partial charge in [-0.2, -0.15) is 10.2 Å². The molecule has 3 rings (SSSR count). The molecule has 0 saturated carbocycles. The van der Waals surface area contributed by atoms with Crippen LogP contribution in [0, 0.1) is 11.3 Å². The van der Waals surface area contributed by atoms with Crippen molar-refractivity contribution in [3.8, 4) is 17.7 Å². The Bertz CT molecular complexity index is 1010. The van der Waals surface area contributed by atoms with Crippen molar-refractivity contribution in [2.75, 3.05) is 19.4 Å². The lowest BCUT2D eigenvalue weighted by atomic mass is 10.4. The summed E-state index contributed by atoms with van der Waals surface area (Å²) in [4.78, 5) is 4.02. The van der Waals surface area contributed by atoms with Crippen molar-refractivity contribution in [3.05, 3.63) is 42.0 Å². The SMILES string of the molecule is CN(C)S(=O)(=O)c1ccc(-c2nc(C#N)c(NCc3ccco3)o2)o1. The molecular formula is C15H14N4O5S. The minimum atomic E-state index is -3.71. The number of nitrogens with one attached hydrogen (secondary N) is 1. The van der Waals surface area contributed by atoms with Gasteiger partial charge in [-0.3, -0.25) is 0 Å². The summed E-state index contributed by atoms with van der Waals surface area (Å²) in [6, 6.07) is 8.13. The number of furan rings is 2. The third kappa shape index (κ3) is 3.28. The predicted octanol–water partition coefficient (Wildman–Crippen LogP) is 2.26. The van der Waals surface area contributed by atoms with E-state index in [1.54, 1.807) is 12.1 Å². The molecule has 25 heavy (non-hydrogen) atoms. The van der Waals surface area contributed by atoms with E-state index in [9.17, 15) is 13.7 Å².